The van der Waals surface area contributed by atoms with Gasteiger partial charge in [-0.25, -0.2) is 0 Å². The van der Waals surface area contributed by atoms with Crippen molar-refractivity contribution in [2.24, 2.45) is 11.7 Å². The van der Waals surface area contributed by atoms with Crippen LogP contribution in [0.25, 0.3) is 0 Å². The summed E-state index contributed by atoms with van der Waals surface area (Å²) in [4.78, 5) is 13.4. The summed E-state index contributed by atoms with van der Waals surface area (Å²) in [6.07, 6.45) is 0. The van der Waals surface area contributed by atoms with Crippen LogP contribution in [-0.4, -0.2) is 41.1 Å². The van der Waals surface area contributed by atoms with Gasteiger partial charge in [-0.3, -0.25) is 4.79 Å². The van der Waals surface area contributed by atoms with Crippen molar-refractivity contribution in [2.75, 3.05) is 13.2 Å². The van der Waals surface area contributed by atoms with E-state index in [1.54, 1.807) is 4.90 Å². The average Bonchev–Trinajstić information content (AvgIpc) is 2.11. The number of carbonyl (C=O) groups excluding carboxylic acids is 1. The monoisotopic (exact) mass is 202 g/mol. The van der Waals surface area contributed by atoms with Crippen LogP contribution >= 0.6 is 0 Å². The third kappa shape index (κ3) is 3.64. The predicted molar refractivity (Wildman–Crippen MR) is 56.7 cm³/mol. The molecule has 3 N–H and O–H groups in total. The van der Waals surface area contributed by atoms with Crippen LogP contribution in [0.4, 0.5) is 0 Å². The van der Waals surface area contributed by atoms with Gasteiger partial charge in [0, 0.05) is 12.6 Å². The first kappa shape index (κ1) is 13.4. The fourth-order valence-corrected chi connectivity index (χ4v) is 1.21. The molecule has 0 saturated heterocycles. The van der Waals surface area contributed by atoms with Gasteiger partial charge >= 0.3 is 0 Å². The molecule has 0 aliphatic heterocycles. The lowest BCUT2D eigenvalue weighted by molar-refractivity contribution is -0.135. The zero-order valence-electron chi connectivity index (χ0n) is 9.53. The molecule has 0 fully saturated rings. The van der Waals surface area contributed by atoms with Crippen molar-refractivity contribution in [1.29, 1.82) is 0 Å². The van der Waals surface area contributed by atoms with Gasteiger partial charge in [0.05, 0.1) is 12.6 Å². The van der Waals surface area contributed by atoms with Crippen molar-refractivity contribution in [1.82, 2.24) is 4.90 Å². The van der Waals surface area contributed by atoms with Crippen LogP contribution in [0.3, 0.4) is 0 Å². The van der Waals surface area contributed by atoms with Crippen LogP contribution in [0.1, 0.15) is 27.7 Å². The standard InChI is InChI=1S/C10H22N2O2/c1-7(2)9(11)10(14)12(5-6-13)8(3)4/h7-9,13H,5-6,11H2,1-4H3/t9-/m1/s1. The summed E-state index contributed by atoms with van der Waals surface area (Å²) in [6, 6.07) is -0.386. The van der Waals surface area contributed by atoms with Crippen molar-refractivity contribution in [2.45, 2.75) is 39.8 Å². The molecule has 0 aromatic rings. The normalized spacial score (nSPS) is 13.4. The third-order valence-corrected chi connectivity index (χ3v) is 2.25. The Hall–Kier alpha value is -0.610. The molecule has 0 unspecified atom stereocenters. The minimum Gasteiger partial charge on any atom is -0.395 e. The Morgan fingerprint density at radius 2 is 1.86 bits per heavy atom. The maximum absolute atomic E-state index is 11.8. The lowest BCUT2D eigenvalue weighted by Crippen LogP contribution is -2.50. The molecule has 0 saturated carbocycles. The quantitative estimate of drug-likeness (QED) is 0.669. The van der Waals surface area contributed by atoms with Crippen molar-refractivity contribution < 1.29 is 9.90 Å². The van der Waals surface area contributed by atoms with E-state index in [2.05, 4.69) is 0 Å². The van der Waals surface area contributed by atoms with Gasteiger partial charge in [-0.1, -0.05) is 13.8 Å². The molecular formula is C10H22N2O2. The van der Waals surface area contributed by atoms with Crippen LogP contribution in [-0.2, 0) is 4.79 Å². The molecule has 4 nitrogen and oxygen atoms in total. The molecule has 1 atom stereocenters. The molecular weight excluding hydrogens is 180 g/mol. The molecule has 1 amide bonds. The molecule has 0 aromatic heterocycles. The lowest BCUT2D eigenvalue weighted by Gasteiger charge is -2.29. The van der Waals surface area contributed by atoms with E-state index in [0.717, 1.165) is 0 Å². The fourth-order valence-electron chi connectivity index (χ4n) is 1.21. The highest BCUT2D eigenvalue weighted by Crippen LogP contribution is 2.06. The van der Waals surface area contributed by atoms with E-state index in [4.69, 9.17) is 10.8 Å². The molecule has 4 heteroatoms. The number of aliphatic hydroxyl groups is 1. The first-order valence-corrected chi connectivity index (χ1v) is 5.08. The summed E-state index contributed by atoms with van der Waals surface area (Å²) in [5.41, 5.74) is 5.76. The molecule has 0 rings (SSSR count). The van der Waals surface area contributed by atoms with E-state index < -0.39 is 6.04 Å². The van der Waals surface area contributed by atoms with Crippen LogP contribution in [0.5, 0.6) is 0 Å². The Kier molecular flexibility index (Phi) is 5.72. The summed E-state index contributed by atoms with van der Waals surface area (Å²) in [5.74, 6) is 0.0477. The summed E-state index contributed by atoms with van der Waals surface area (Å²) in [7, 11) is 0. The van der Waals surface area contributed by atoms with Crippen molar-refractivity contribution >= 4 is 5.91 Å². The van der Waals surface area contributed by atoms with Crippen LogP contribution < -0.4 is 5.73 Å². The maximum atomic E-state index is 11.8. The van der Waals surface area contributed by atoms with Gasteiger partial charge < -0.3 is 15.7 Å². The number of hydrogen-bond acceptors (Lipinski definition) is 3. The number of aliphatic hydroxyl groups excluding tert-OH is 1. The molecule has 0 aromatic carbocycles. The fraction of sp³-hybridized carbons (Fsp3) is 0.900. The molecule has 0 spiro atoms. The highest BCUT2D eigenvalue weighted by molar-refractivity contribution is 5.82. The van der Waals surface area contributed by atoms with Crippen LogP contribution in [0, 0.1) is 5.92 Å². The highest BCUT2D eigenvalue weighted by Gasteiger charge is 2.24. The summed E-state index contributed by atoms with van der Waals surface area (Å²) in [6.45, 7) is 8.01. The Labute approximate surface area is 86.1 Å². The zero-order valence-corrected chi connectivity index (χ0v) is 9.53. The lowest BCUT2D eigenvalue weighted by atomic mass is 10.0. The van der Waals surface area contributed by atoms with E-state index in [1.807, 2.05) is 27.7 Å². The Morgan fingerprint density at radius 1 is 1.36 bits per heavy atom. The summed E-state index contributed by atoms with van der Waals surface area (Å²) >= 11 is 0. The van der Waals surface area contributed by atoms with E-state index in [0.29, 0.717) is 6.54 Å². The van der Waals surface area contributed by atoms with Gasteiger partial charge in [-0.2, -0.15) is 0 Å². The molecule has 14 heavy (non-hydrogen) atoms. The highest BCUT2D eigenvalue weighted by atomic mass is 16.3. The SMILES string of the molecule is CC(C)[C@@H](N)C(=O)N(CCO)C(C)C. The molecule has 0 bridgehead atoms. The van der Waals surface area contributed by atoms with Gasteiger partial charge in [0.2, 0.25) is 5.91 Å². The Bertz CT molecular complexity index is 181. The van der Waals surface area contributed by atoms with Crippen molar-refractivity contribution in [3.63, 3.8) is 0 Å². The van der Waals surface area contributed by atoms with E-state index in [9.17, 15) is 4.79 Å². The van der Waals surface area contributed by atoms with Gasteiger partial charge in [-0.05, 0) is 19.8 Å². The van der Waals surface area contributed by atoms with Crippen LogP contribution in [0.2, 0.25) is 0 Å². The topological polar surface area (TPSA) is 66.6 Å². The van der Waals surface area contributed by atoms with E-state index in [1.165, 1.54) is 0 Å². The second kappa shape index (κ2) is 5.98. The minimum absolute atomic E-state index is 0.0191. The first-order valence-electron chi connectivity index (χ1n) is 5.08. The second-order valence-corrected chi connectivity index (χ2v) is 4.12. The van der Waals surface area contributed by atoms with Crippen LogP contribution in [0.15, 0.2) is 0 Å². The van der Waals surface area contributed by atoms with Gasteiger partial charge in [0.15, 0.2) is 0 Å². The number of carbonyl (C=O) groups is 1. The minimum atomic E-state index is -0.469. The predicted octanol–water partition coefficient (Wildman–Crippen LogP) is 0.199. The molecule has 84 valence electrons. The van der Waals surface area contributed by atoms with E-state index in [-0.39, 0.29) is 24.5 Å². The van der Waals surface area contributed by atoms with Crippen molar-refractivity contribution in [3.8, 4) is 0 Å². The second-order valence-electron chi connectivity index (χ2n) is 4.12. The molecule has 0 heterocycles. The Balaban J connectivity index is 4.43. The third-order valence-electron chi connectivity index (χ3n) is 2.25. The number of amides is 1. The first-order chi connectivity index (χ1) is 6.41. The molecule has 0 radical (unpaired) electrons. The largest absolute Gasteiger partial charge is 0.395 e. The zero-order chi connectivity index (χ0) is 11.3. The Morgan fingerprint density at radius 3 is 2.14 bits per heavy atom. The molecule has 0 aliphatic carbocycles. The maximum Gasteiger partial charge on any atom is 0.240 e. The van der Waals surface area contributed by atoms with Gasteiger partial charge in [0.1, 0.15) is 0 Å². The number of nitrogens with zero attached hydrogens (tertiary/aromatic N) is 1. The summed E-state index contributed by atoms with van der Waals surface area (Å²) < 4.78 is 0. The number of hydrogen-bond donors (Lipinski definition) is 2. The molecule has 0 aliphatic rings. The number of nitrogens with two attached hydrogens (primary N) is 1. The van der Waals surface area contributed by atoms with Gasteiger partial charge in [0.25, 0.3) is 0 Å². The number of rotatable bonds is 5. The van der Waals surface area contributed by atoms with E-state index >= 15 is 0 Å². The summed E-state index contributed by atoms with van der Waals surface area (Å²) in [5, 5.41) is 8.82. The average molecular weight is 202 g/mol. The van der Waals surface area contributed by atoms with Crippen molar-refractivity contribution in [3.05, 3.63) is 0 Å². The smallest absolute Gasteiger partial charge is 0.240 e. The van der Waals surface area contributed by atoms with Gasteiger partial charge in [-0.15, -0.1) is 0 Å².